The van der Waals surface area contributed by atoms with Crippen molar-refractivity contribution in [3.63, 3.8) is 0 Å². The summed E-state index contributed by atoms with van der Waals surface area (Å²) in [4.78, 5) is 16.3. The Kier molecular flexibility index (Phi) is 5.21. The molecule has 0 aliphatic heterocycles. The van der Waals surface area contributed by atoms with E-state index in [0.29, 0.717) is 17.1 Å². The van der Waals surface area contributed by atoms with E-state index >= 15 is 0 Å². The van der Waals surface area contributed by atoms with Gasteiger partial charge in [-0.15, -0.1) is 0 Å². The van der Waals surface area contributed by atoms with Crippen molar-refractivity contribution in [1.29, 1.82) is 0 Å². The van der Waals surface area contributed by atoms with Crippen LogP contribution in [0.5, 0.6) is 11.5 Å². The van der Waals surface area contributed by atoms with E-state index < -0.39 is 17.6 Å². The highest BCUT2D eigenvalue weighted by Gasteiger charge is 2.30. The number of halogens is 3. The van der Waals surface area contributed by atoms with Crippen LogP contribution in [0, 0.1) is 6.92 Å². The highest BCUT2D eigenvalue weighted by molar-refractivity contribution is 6.07. The number of nitrogens with zero attached hydrogens (tertiary/aromatic N) is 1. The molecule has 0 saturated carbocycles. The smallest absolute Gasteiger partial charge is 0.416 e. The Morgan fingerprint density at radius 2 is 1.54 bits per heavy atom. The second-order valence-electron chi connectivity index (χ2n) is 5.99. The average Bonchev–Trinajstić information content (AvgIpc) is 2.63. The number of pyridine rings is 1. The number of carbonyl (C=O) groups is 1. The van der Waals surface area contributed by atoms with Crippen molar-refractivity contribution >= 4 is 17.4 Å². The van der Waals surface area contributed by atoms with Crippen LogP contribution in [0.15, 0.2) is 60.7 Å². The van der Waals surface area contributed by atoms with Crippen LogP contribution >= 0.6 is 0 Å². The lowest BCUT2D eigenvalue weighted by atomic mass is 10.2. The number of amides is 1. The van der Waals surface area contributed by atoms with Gasteiger partial charge in [0.25, 0.3) is 5.91 Å². The predicted octanol–water partition coefficient (Wildman–Crippen LogP) is 5.04. The van der Waals surface area contributed by atoms with Crippen molar-refractivity contribution in [1.82, 2.24) is 4.98 Å². The molecule has 0 unspecified atom stereocenters. The highest BCUT2D eigenvalue weighted by Crippen LogP contribution is 2.31. The van der Waals surface area contributed by atoms with Gasteiger partial charge in [-0.2, -0.15) is 13.2 Å². The first kappa shape index (κ1) is 19.2. The maximum atomic E-state index is 12.6. The summed E-state index contributed by atoms with van der Waals surface area (Å²) in [5.74, 6) is 0.415. The molecular weight excluding hydrogens is 371 g/mol. The second kappa shape index (κ2) is 7.59. The van der Waals surface area contributed by atoms with Crippen LogP contribution < -0.4 is 15.8 Å². The molecule has 3 aromatic rings. The minimum atomic E-state index is -4.39. The van der Waals surface area contributed by atoms with Crippen molar-refractivity contribution in [2.45, 2.75) is 13.1 Å². The fourth-order valence-electron chi connectivity index (χ4n) is 2.42. The van der Waals surface area contributed by atoms with E-state index in [-0.39, 0.29) is 17.1 Å². The standard InChI is InChI=1S/C20H16F3N3O2/c1-12-2-11-17(18(24)25-12)19(27)26-14-5-9-16(10-6-14)28-15-7-3-13(4-8-15)20(21,22)23/h2-11H,1H3,(H2,24,25)(H,26,27). The van der Waals surface area contributed by atoms with Gasteiger partial charge in [0, 0.05) is 11.4 Å². The normalized spacial score (nSPS) is 11.1. The summed E-state index contributed by atoms with van der Waals surface area (Å²) >= 11 is 0. The van der Waals surface area contributed by atoms with Gasteiger partial charge in [-0.05, 0) is 67.6 Å². The SMILES string of the molecule is Cc1ccc(C(=O)Nc2ccc(Oc3ccc(C(F)(F)F)cc3)cc2)c(N)n1. The number of anilines is 2. The summed E-state index contributed by atoms with van der Waals surface area (Å²) < 4.78 is 43.2. The fourth-order valence-corrected chi connectivity index (χ4v) is 2.42. The van der Waals surface area contributed by atoms with Crippen molar-refractivity contribution in [3.05, 3.63) is 77.5 Å². The average molecular weight is 387 g/mol. The highest BCUT2D eigenvalue weighted by atomic mass is 19.4. The topological polar surface area (TPSA) is 77.2 Å². The first-order valence-electron chi connectivity index (χ1n) is 8.22. The number of nitrogens with one attached hydrogen (secondary N) is 1. The molecule has 144 valence electrons. The molecule has 5 nitrogen and oxygen atoms in total. The van der Waals surface area contributed by atoms with Crippen LogP contribution in [0.2, 0.25) is 0 Å². The quantitative estimate of drug-likeness (QED) is 0.658. The molecule has 1 heterocycles. The molecule has 3 N–H and O–H groups in total. The summed E-state index contributed by atoms with van der Waals surface area (Å²) in [5, 5.41) is 2.69. The molecule has 0 radical (unpaired) electrons. The summed E-state index contributed by atoms with van der Waals surface area (Å²) in [6.45, 7) is 1.77. The third-order valence-corrected chi connectivity index (χ3v) is 3.84. The van der Waals surface area contributed by atoms with Crippen LogP contribution in [-0.4, -0.2) is 10.9 Å². The van der Waals surface area contributed by atoms with Crippen LogP contribution in [0.4, 0.5) is 24.7 Å². The molecule has 1 amide bonds. The molecule has 28 heavy (non-hydrogen) atoms. The maximum Gasteiger partial charge on any atom is 0.416 e. The lowest BCUT2D eigenvalue weighted by molar-refractivity contribution is -0.137. The third-order valence-electron chi connectivity index (χ3n) is 3.84. The molecule has 0 aliphatic carbocycles. The lowest BCUT2D eigenvalue weighted by Gasteiger charge is -2.10. The number of nitrogen functional groups attached to an aromatic ring is 1. The molecule has 0 aliphatic rings. The molecule has 0 atom stereocenters. The molecule has 0 fully saturated rings. The minimum Gasteiger partial charge on any atom is -0.457 e. The molecule has 8 heteroatoms. The van der Waals surface area contributed by atoms with Gasteiger partial charge in [-0.3, -0.25) is 4.79 Å². The monoisotopic (exact) mass is 387 g/mol. The van der Waals surface area contributed by atoms with E-state index in [4.69, 9.17) is 10.5 Å². The Morgan fingerprint density at radius 3 is 2.07 bits per heavy atom. The largest absolute Gasteiger partial charge is 0.457 e. The summed E-state index contributed by atoms with van der Waals surface area (Å²) in [5.41, 5.74) is 6.49. The van der Waals surface area contributed by atoms with Crippen molar-refractivity contribution in [2.75, 3.05) is 11.1 Å². The number of hydrogen-bond acceptors (Lipinski definition) is 4. The van der Waals surface area contributed by atoms with Gasteiger partial charge in [0.2, 0.25) is 0 Å². The van der Waals surface area contributed by atoms with Crippen LogP contribution in [0.3, 0.4) is 0 Å². The van der Waals surface area contributed by atoms with E-state index in [1.54, 1.807) is 43.3 Å². The van der Waals surface area contributed by atoms with Crippen molar-refractivity contribution in [2.24, 2.45) is 0 Å². The first-order chi connectivity index (χ1) is 13.2. The van der Waals surface area contributed by atoms with Gasteiger partial charge in [0.15, 0.2) is 0 Å². The van der Waals surface area contributed by atoms with E-state index in [1.807, 2.05) is 0 Å². The van der Waals surface area contributed by atoms with Gasteiger partial charge in [-0.25, -0.2) is 4.98 Å². The molecule has 0 bridgehead atoms. The van der Waals surface area contributed by atoms with Gasteiger partial charge >= 0.3 is 6.18 Å². The van der Waals surface area contributed by atoms with Gasteiger partial charge < -0.3 is 15.8 Å². The molecule has 0 saturated heterocycles. The minimum absolute atomic E-state index is 0.139. The molecule has 1 aromatic heterocycles. The van der Waals surface area contributed by atoms with E-state index in [2.05, 4.69) is 10.3 Å². The number of ether oxygens (including phenoxy) is 1. The number of carbonyl (C=O) groups excluding carboxylic acids is 1. The van der Waals surface area contributed by atoms with Crippen molar-refractivity contribution < 1.29 is 22.7 Å². The van der Waals surface area contributed by atoms with Gasteiger partial charge in [0.05, 0.1) is 11.1 Å². The van der Waals surface area contributed by atoms with E-state index in [0.717, 1.165) is 12.1 Å². The van der Waals surface area contributed by atoms with Crippen LogP contribution in [0.1, 0.15) is 21.6 Å². The summed E-state index contributed by atoms with van der Waals surface area (Å²) in [7, 11) is 0. The molecule has 2 aromatic carbocycles. The first-order valence-corrected chi connectivity index (χ1v) is 8.22. The predicted molar refractivity (Wildman–Crippen MR) is 99.3 cm³/mol. The Balaban J connectivity index is 1.65. The summed E-state index contributed by atoms with van der Waals surface area (Å²) in [6.07, 6.45) is -4.39. The number of aromatic nitrogens is 1. The Morgan fingerprint density at radius 1 is 0.964 bits per heavy atom. The third kappa shape index (κ3) is 4.59. The van der Waals surface area contributed by atoms with Gasteiger partial charge in [0.1, 0.15) is 17.3 Å². The zero-order valence-electron chi connectivity index (χ0n) is 14.7. The Hall–Kier alpha value is -3.55. The maximum absolute atomic E-state index is 12.6. The van der Waals surface area contributed by atoms with E-state index in [9.17, 15) is 18.0 Å². The second-order valence-corrected chi connectivity index (χ2v) is 5.99. The number of alkyl halides is 3. The van der Waals surface area contributed by atoms with Gasteiger partial charge in [-0.1, -0.05) is 0 Å². The van der Waals surface area contributed by atoms with Crippen LogP contribution in [0.25, 0.3) is 0 Å². The zero-order valence-corrected chi connectivity index (χ0v) is 14.7. The van der Waals surface area contributed by atoms with Crippen LogP contribution in [-0.2, 0) is 6.18 Å². The number of hydrogen-bond donors (Lipinski definition) is 2. The zero-order chi connectivity index (χ0) is 20.3. The molecular formula is C20H16F3N3O2. The fraction of sp³-hybridized carbons (Fsp3) is 0.100. The Labute approximate surface area is 159 Å². The number of nitrogens with two attached hydrogens (primary N) is 1. The Bertz CT molecular complexity index is 985. The summed E-state index contributed by atoms with van der Waals surface area (Å²) in [6, 6.07) is 14.0. The number of benzene rings is 2. The molecule has 3 rings (SSSR count). The lowest BCUT2D eigenvalue weighted by Crippen LogP contribution is -2.15. The molecule has 0 spiro atoms. The number of aryl methyl sites for hydroxylation is 1. The number of rotatable bonds is 4. The van der Waals surface area contributed by atoms with E-state index in [1.165, 1.54) is 12.1 Å². The van der Waals surface area contributed by atoms with Crippen molar-refractivity contribution in [3.8, 4) is 11.5 Å².